The van der Waals surface area contributed by atoms with Crippen LogP contribution in [0.4, 0.5) is 13.2 Å². The number of carbonyl (C=O) groups excluding carboxylic acids is 1. The molecular weight excluding hydrogens is 221 g/mol. The molecule has 0 amide bonds. The number of hydrogen-bond acceptors (Lipinski definition) is 2. The molecule has 0 saturated carbocycles. The second-order valence-corrected chi connectivity index (χ2v) is 2.98. The van der Waals surface area contributed by atoms with Crippen LogP contribution in [0.5, 0.6) is 0 Å². The Labute approximate surface area is 90.3 Å². The van der Waals surface area contributed by atoms with Crippen LogP contribution < -0.4 is 0 Å². The maximum atomic E-state index is 12.3. The van der Waals surface area contributed by atoms with E-state index in [1.165, 1.54) is 25.3 Å². The first-order chi connectivity index (χ1) is 7.43. The molecular formula is C11H9F3O2. The highest BCUT2D eigenvalue weighted by atomic mass is 19.4. The van der Waals surface area contributed by atoms with Gasteiger partial charge in [-0.15, -0.1) is 0 Å². The van der Waals surface area contributed by atoms with Crippen molar-refractivity contribution in [2.45, 2.75) is 6.18 Å². The fourth-order valence-electron chi connectivity index (χ4n) is 1.05. The van der Waals surface area contributed by atoms with Gasteiger partial charge in [-0.25, -0.2) is 4.79 Å². The second kappa shape index (κ2) is 4.83. The highest BCUT2D eigenvalue weighted by molar-refractivity contribution is 5.86. The van der Waals surface area contributed by atoms with Crippen molar-refractivity contribution in [2.75, 3.05) is 7.11 Å². The van der Waals surface area contributed by atoms with E-state index in [4.69, 9.17) is 0 Å². The van der Waals surface area contributed by atoms with Gasteiger partial charge in [0.1, 0.15) is 0 Å². The van der Waals surface area contributed by atoms with Gasteiger partial charge < -0.3 is 4.74 Å². The first kappa shape index (κ1) is 12.3. The summed E-state index contributed by atoms with van der Waals surface area (Å²) in [5.41, 5.74) is -0.459. The van der Waals surface area contributed by atoms with Gasteiger partial charge in [0, 0.05) is 6.08 Å². The molecule has 0 atom stereocenters. The van der Waals surface area contributed by atoms with E-state index in [-0.39, 0.29) is 0 Å². The average molecular weight is 230 g/mol. The van der Waals surface area contributed by atoms with Crippen molar-refractivity contribution >= 4 is 12.0 Å². The first-order valence-electron chi connectivity index (χ1n) is 4.37. The number of hydrogen-bond donors (Lipinski definition) is 0. The Hall–Kier alpha value is -1.78. The maximum absolute atomic E-state index is 12.3. The third kappa shape index (κ3) is 3.42. The standard InChI is InChI=1S/C11H9F3O2/c1-16-10(15)6-5-8-3-2-4-9(7-8)11(12,13)14/h2-7H,1H3. The first-order valence-corrected chi connectivity index (χ1v) is 4.37. The van der Waals surface area contributed by atoms with Crippen molar-refractivity contribution in [2.24, 2.45) is 0 Å². The molecule has 5 heteroatoms. The molecule has 1 rings (SSSR count). The minimum atomic E-state index is -4.38. The third-order valence-electron chi connectivity index (χ3n) is 1.83. The van der Waals surface area contributed by atoms with E-state index in [2.05, 4.69) is 4.74 Å². The summed E-state index contributed by atoms with van der Waals surface area (Å²) >= 11 is 0. The molecule has 0 aliphatic rings. The Bertz CT molecular complexity index is 408. The van der Waals surface area contributed by atoms with Crippen molar-refractivity contribution in [3.05, 3.63) is 41.5 Å². The molecule has 1 aromatic carbocycles. The zero-order chi connectivity index (χ0) is 12.2. The van der Waals surface area contributed by atoms with Gasteiger partial charge in [0.05, 0.1) is 12.7 Å². The fraction of sp³-hybridized carbons (Fsp3) is 0.182. The summed E-state index contributed by atoms with van der Waals surface area (Å²) in [6.07, 6.45) is -2.05. The van der Waals surface area contributed by atoms with Crippen molar-refractivity contribution in [3.8, 4) is 0 Å². The Morgan fingerprint density at radius 2 is 2.06 bits per heavy atom. The van der Waals surface area contributed by atoms with Crippen LogP contribution in [0.3, 0.4) is 0 Å². The van der Waals surface area contributed by atoms with Gasteiger partial charge in [-0.05, 0) is 23.8 Å². The summed E-state index contributed by atoms with van der Waals surface area (Å²) in [5, 5.41) is 0. The van der Waals surface area contributed by atoms with Gasteiger partial charge >= 0.3 is 12.1 Å². The number of carbonyl (C=O) groups is 1. The summed E-state index contributed by atoms with van der Waals surface area (Å²) in [6, 6.07) is 4.67. The molecule has 0 radical (unpaired) electrons. The molecule has 0 bridgehead atoms. The lowest BCUT2D eigenvalue weighted by Crippen LogP contribution is -2.04. The topological polar surface area (TPSA) is 26.3 Å². The molecule has 86 valence electrons. The molecule has 1 aromatic rings. The van der Waals surface area contributed by atoms with Crippen LogP contribution in [-0.2, 0) is 15.7 Å². The Morgan fingerprint density at radius 3 is 2.62 bits per heavy atom. The van der Waals surface area contributed by atoms with Gasteiger partial charge in [0.25, 0.3) is 0 Å². The SMILES string of the molecule is COC(=O)C=Cc1cccc(C(F)(F)F)c1. The molecule has 0 saturated heterocycles. The quantitative estimate of drug-likeness (QED) is 0.576. The van der Waals surface area contributed by atoms with Crippen molar-refractivity contribution < 1.29 is 22.7 Å². The van der Waals surface area contributed by atoms with E-state index < -0.39 is 17.7 Å². The molecule has 0 N–H and O–H groups in total. The minimum Gasteiger partial charge on any atom is -0.466 e. The van der Waals surface area contributed by atoms with E-state index >= 15 is 0 Å². The normalized spacial score (nSPS) is 11.8. The van der Waals surface area contributed by atoms with Crippen LogP contribution in [0.2, 0.25) is 0 Å². The Balaban J connectivity index is 2.91. The van der Waals surface area contributed by atoms with E-state index in [1.54, 1.807) is 0 Å². The second-order valence-electron chi connectivity index (χ2n) is 2.98. The molecule has 0 heterocycles. The molecule has 2 nitrogen and oxygen atoms in total. The van der Waals surface area contributed by atoms with Gasteiger partial charge in [-0.3, -0.25) is 0 Å². The van der Waals surface area contributed by atoms with Crippen molar-refractivity contribution in [1.29, 1.82) is 0 Å². The lowest BCUT2D eigenvalue weighted by atomic mass is 10.1. The van der Waals surface area contributed by atoms with Crippen LogP contribution in [-0.4, -0.2) is 13.1 Å². The number of methoxy groups -OCH3 is 1. The average Bonchev–Trinajstić information content (AvgIpc) is 2.25. The monoisotopic (exact) mass is 230 g/mol. The predicted octanol–water partition coefficient (Wildman–Crippen LogP) is 2.89. The summed E-state index contributed by atoms with van der Waals surface area (Å²) < 4.78 is 41.3. The number of alkyl halides is 3. The van der Waals surface area contributed by atoms with E-state index in [1.807, 2.05) is 0 Å². The number of benzene rings is 1. The minimum absolute atomic E-state index is 0.292. The summed E-state index contributed by atoms with van der Waals surface area (Å²) in [6.45, 7) is 0. The van der Waals surface area contributed by atoms with Crippen LogP contribution >= 0.6 is 0 Å². The van der Waals surface area contributed by atoms with Gasteiger partial charge in [0.2, 0.25) is 0 Å². The summed E-state index contributed by atoms with van der Waals surface area (Å²) in [5.74, 6) is -0.614. The molecule has 0 spiro atoms. The molecule has 0 fully saturated rings. The predicted molar refractivity (Wildman–Crippen MR) is 52.5 cm³/mol. The Kier molecular flexibility index (Phi) is 3.71. The molecule has 0 unspecified atom stereocenters. The lowest BCUT2D eigenvalue weighted by Gasteiger charge is -2.06. The van der Waals surface area contributed by atoms with Crippen molar-refractivity contribution in [3.63, 3.8) is 0 Å². The summed E-state index contributed by atoms with van der Waals surface area (Å²) in [4.78, 5) is 10.7. The lowest BCUT2D eigenvalue weighted by molar-refractivity contribution is -0.137. The van der Waals surface area contributed by atoms with Crippen LogP contribution in [0.15, 0.2) is 30.3 Å². The molecule has 0 aliphatic heterocycles. The largest absolute Gasteiger partial charge is 0.466 e. The van der Waals surface area contributed by atoms with Crippen LogP contribution in [0.25, 0.3) is 6.08 Å². The van der Waals surface area contributed by atoms with Gasteiger partial charge in [-0.1, -0.05) is 12.1 Å². The number of esters is 1. The molecule has 0 aromatic heterocycles. The molecule has 16 heavy (non-hydrogen) atoms. The smallest absolute Gasteiger partial charge is 0.416 e. The summed E-state index contributed by atoms with van der Waals surface area (Å²) in [7, 11) is 1.19. The number of halogens is 3. The van der Waals surface area contributed by atoms with Crippen LogP contribution in [0.1, 0.15) is 11.1 Å². The zero-order valence-corrected chi connectivity index (χ0v) is 8.41. The maximum Gasteiger partial charge on any atom is 0.416 e. The van der Waals surface area contributed by atoms with E-state index in [0.29, 0.717) is 5.56 Å². The van der Waals surface area contributed by atoms with Crippen LogP contribution in [0, 0.1) is 0 Å². The fourth-order valence-corrected chi connectivity index (χ4v) is 1.05. The van der Waals surface area contributed by atoms with Gasteiger partial charge in [-0.2, -0.15) is 13.2 Å². The highest BCUT2D eigenvalue weighted by Gasteiger charge is 2.30. The number of rotatable bonds is 2. The van der Waals surface area contributed by atoms with Gasteiger partial charge in [0.15, 0.2) is 0 Å². The highest BCUT2D eigenvalue weighted by Crippen LogP contribution is 2.29. The van der Waals surface area contributed by atoms with Crippen molar-refractivity contribution in [1.82, 2.24) is 0 Å². The zero-order valence-electron chi connectivity index (χ0n) is 8.41. The van der Waals surface area contributed by atoms with E-state index in [9.17, 15) is 18.0 Å². The third-order valence-corrected chi connectivity index (χ3v) is 1.83. The Morgan fingerprint density at radius 1 is 1.38 bits per heavy atom. The molecule has 0 aliphatic carbocycles. The van der Waals surface area contributed by atoms with E-state index in [0.717, 1.165) is 18.2 Å². The number of ether oxygens (including phenoxy) is 1.